The summed E-state index contributed by atoms with van der Waals surface area (Å²) < 4.78 is 18.3. The van der Waals surface area contributed by atoms with E-state index in [1.807, 2.05) is 0 Å². The quantitative estimate of drug-likeness (QED) is 0.495. The monoisotopic (exact) mass is 366 g/mol. The zero-order chi connectivity index (χ0) is 18.6. The molecule has 25 heavy (non-hydrogen) atoms. The van der Waals surface area contributed by atoms with Gasteiger partial charge in [0.05, 0.1) is 10.5 Å². The second-order valence-electron chi connectivity index (χ2n) is 4.97. The molecular weight excluding hydrogens is 355 g/mol. The van der Waals surface area contributed by atoms with Gasteiger partial charge in [-0.2, -0.15) is 4.39 Å². The number of nitrogens with zero attached hydrogens (tertiary/aromatic N) is 1. The number of carbonyl (C=O) groups excluding carboxylic acids is 2. The molecule has 0 unspecified atom stereocenters. The molecule has 0 aliphatic carbocycles. The number of benzene rings is 2. The van der Waals surface area contributed by atoms with E-state index in [0.717, 1.165) is 18.2 Å². The van der Waals surface area contributed by atoms with Crippen LogP contribution in [0, 0.1) is 15.9 Å². The number of nitro groups is 1. The summed E-state index contributed by atoms with van der Waals surface area (Å²) in [5, 5.41) is 13.5. The first kappa shape index (κ1) is 18.3. The number of rotatable bonds is 5. The fraction of sp³-hybridized carbons (Fsp3) is 0.125. The number of carbonyl (C=O) groups is 2. The van der Waals surface area contributed by atoms with Crippen molar-refractivity contribution in [1.82, 2.24) is 0 Å². The molecule has 0 aliphatic rings. The van der Waals surface area contributed by atoms with Gasteiger partial charge in [0.25, 0.3) is 5.91 Å². The number of hydrogen-bond acceptors (Lipinski definition) is 5. The first-order valence-corrected chi connectivity index (χ1v) is 7.37. The normalized spacial score (nSPS) is 11.5. The average molecular weight is 367 g/mol. The molecule has 130 valence electrons. The number of esters is 1. The van der Waals surface area contributed by atoms with Gasteiger partial charge < -0.3 is 10.1 Å². The van der Waals surface area contributed by atoms with Crippen molar-refractivity contribution in [3.63, 3.8) is 0 Å². The zero-order valence-corrected chi connectivity index (χ0v) is 13.6. The van der Waals surface area contributed by atoms with Gasteiger partial charge in [-0.1, -0.05) is 11.6 Å². The maximum absolute atomic E-state index is 13.3. The molecule has 1 amide bonds. The Hall–Kier alpha value is -3.00. The molecule has 1 atom stereocenters. The first-order valence-electron chi connectivity index (χ1n) is 6.99. The summed E-state index contributed by atoms with van der Waals surface area (Å²) in [7, 11) is 0. The van der Waals surface area contributed by atoms with E-state index in [-0.39, 0.29) is 11.3 Å². The van der Waals surface area contributed by atoms with Gasteiger partial charge in [0.1, 0.15) is 0 Å². The topological polar surface area (TPSA) is 98.5 Å². The summed E-state index contributed by atoms with van der Waals surface area (Å²) in [6.07, 6.45) is -1.17. The number of nitro benzene ring substituents is 1. The molecule has 2 rings (SSSR count). The van der Waals surface area contributed by atoms with Gasteiger partial charge in [-0.3, -0.25) is 14.9 Å². The minimum atomic E-state index is -1.17. The lowest BCUT2D eigenvalue weighted by Gasteiger charge is -2.13. The SMILES string of the molecule is C[C@H](OC(=O)c1ccc(Cl)cc1)C(=O)Nc1ccc(F)c([N+](=O)[O-])c1. The highest BCUT2D eigenvalue weighted by atomic mass is 35.5. The van der Waals surface area contributed by atoms with Crippen molar-refractivity contribution < 1.29 is 23.6 Å². The van der Waals surface area contributed by atoms with Crippen LogP contribution < -0.4 is 5.32 Å². The Balaban J connectivity index is 2.03. The Morgan fingerprint density at radius 3 is 2.48 bits per heavy atom. The van der Waals surface area contributed by atoms with Crippen LogP contribution in [-0.2, 0) is 9.53 Å². The van der Waals surface area contributed by atoms with E-state index in [9.17, 15) is 24.1 Å². The van der Waals surface area contributed by atoms with Crippen LogP contribution in [0.25, 0.3) is 0 Å². The molecular formula is C16H12ClFN2O5. The number of hydrogen-bond donors (Lipinski definition) is 1. The number of ether oxygens (including phenoxy) is 1. The Labute approximate surface area is 146 Å². The molecule has 1 N–H and O–H groups in total. The van der Waals surface area contributed by atoms with E-state index in [1.54, 1.807) is 0 Å². The van der Waals surface area contributed by atoms with Crippen LogP contribution in [0.1, 0.15) is 17.3 Å². The molecule has 9 heteroatoms. The van der Waals surface area contributed by atoms with Gasteiger partial charge in [-0.25, -0.2) is 4.79 Å². The highest BCUT2D eigenvalue weighted by Gasteiger charge is 2.21. The molecule has 0 fully saturated rings. The molecule has 0 aromatic heterocycles. The summed E-state index contributed by atoms with van der Waals surface area (Å²) in [4.78, 5) is 33.7. The van der Waals surface area contributed by atoms with Crippen LogP contribution in [0.2, 0.25) is 5.02 Å². The third kappa shape index (κ3) is 4.74. The number of anilines is 1. The van der Waals surface area contributed by atoms with Crippen LogP contribution in [-0.4, -0.2) is 22.9 Å². The van der Waals surface area contributed by atoms with Crippen molar-refractivity contribution in [2.45, 2.75) is 13.0 Å². The fourth-order valence-corrected chi connectivity index (χ4v) is 1.97. The van der Waals surface area contributed by atoms with Crippen molar-refractivity contribution in [3.8, 4) is 0 Å². The average Bonchev–Trinajstić information content (AvgIpc) is 2.56. The van der Waals surface area contributed by atoms with Crippen LogP contribution in [0.5, 0.6) is 0 Å². The molecule has 0 bridgehead atoms. The lowest BCUT2D eigenvalue weighted by molar-refractivity contribution is -0.387. The van der Waals surface area contributed by atoms with E-state index in [2.05, 4.69) is 5.32 Å². The van der Waals surface area contributed by atoms with E-state index in [0.29, 0.717) is 5.02 Å². The summed E-state index contributed by atoms with van der Waals surface area (Å²) >= 11 is 5.72. The molecule has 0 aliphatic heterocycles. The van der Waals surface area contributed by atoms with Crippen molar-refractivity contribution >= 4 is 34.9 Å². The maximum atomic E-state index is 13.3. The van der Waals surface area contributed by atoms with Gasteiger partial charge in [-0.05, 0) is 43.3 Å². The minimum Gasteiger partial charge on any atom is -0.449 e. The second kappa shape index (κ2) is 7.71. The van der Waals surface area contributed by atoms with Crippen molar-refractivity contribution in [2.75, 3.05) is 5.32 Å². The van der Waals surface area contributed by atoms with E-state index < -0.39 is 34.4 Å². The summed E-state index contributed by atoms with van der Waals surface area (Å²) in [6, 6.07) is 8.78. The first-order chi connectivity index (χ1) is 11.8. The molecule has 2 aromatic carbocycles. The predicted molar refractivity (Wildman–Crippen MR) is 88.0 cm³/mol. The minimum absolute atomic E-state index is 0.00694. The van der Waals surface area contributed by atoms with Crippen LogP contribution in [0.4, 0.5) is 15.8 Å². The second-order valence-corrected chi connectivity index (χ2v) is 5.40. The van der Waals surface area contributed by atoms with Gasteiger partial charge in [0.2, 0.25) is 5.82 Å². The van der Waals surface area contributed by atoms with Gasteiger partial charge in [0.15, 0.2) is 6.10 Å². The highest BCUT2D eigenvalue weighted by molar-refractivity contribution is 6.30. The molecule has 0 radical (unpaired) electrons. The molecule has 0 spiro atoms. The van der Waals surface area contributed by atoms with E-state index >= 15 is 0 Å². The van der Waals surface area contributed by atoms with Crippen LogP contribution >= 0.6 is 11.6 Å². The third-order valence-electron chi connectivity index (χ3n) is 3.14. The highest BCUT2D eigenvalue weighted by Crippen LogP contribution is 2.22. The lowest BCUT2D eigenvalue weighted by atomic mass is 10.2. The smallest absolute Gasteiger partial charge is 0.338 e. The molecule has 7 nitrogen and oxygen atoms in total. The van der Waals surface area contributed by atoms with Crippen molar-refractivity contribution in [1.29, 1.82) is 0 Å². The Kier molecular flexibility index (Phi) is 5.66. The molecule has 0 saturated heterocycles. The van der Waals surface area contributed by atoms with Crippen molar-refractivity contribution in [3.05, 3.63) is 69.0 Å². The van der Waals surface area contributed by atoms with Crippen LogP contribution in [0.3, 0.4) is 0 Å². The number of nitrogens with one attached hydrogen (secondary N) is 1. The van der Waals surface area contributed by atoms with Crippen molar-refractivity contribution in [2.24, 2.45) is 0 Å². The van der Waals surface area contributed by atoms with Gasteiger partial charge in [-0.15, -0.1) is 0 Å². The fourth-order valence-electron chi connectivity index (χ4n) is 1.84. The molecule has 0 heterocycles. The number of halogens is 2. The Morgan fingerprint density at radius 2 is 1.88 bits per heavy atom. The standard InChI is InChI=1S/C16H12ClFN2O5/c1-9(25-16(22)10-2-4-11(17)5-3-10)15(21)19-12-6-7-13(18)14(8-12)20(23)24/h2-9H,1H3,(H,19,21)/t9-/m0/s1. The maximum Gasteiger partial charge on any atom is 0.338 e. The van der Waals surface area contributed by atoms with E-state index in [1.165, 1.54) is 31.2 Å². The summed E-state index contributed by atoms with van der Waals surface area (Å²) in [6.45, 7) is 1.33. The number of amides is 1. The largest absolute Gasteiger partial charge is 0.449 e. The van der Waals surface area contributed by atoms with Gasteiger partial charge in [0, 0.05) is 16.8 Å². The Morgan fingerprint density at radius 1 is 1.24 bits per heavy atom. The summed E-state index contributed by atoms with van der Waals surface area (Å²) in [5.74, 6) is -2.47. The van der Waals surface area contributed by atoms with E-state index in [4.69, 9.17) is 16.3 Å². The zero-order valence-electron chi connectivity index (χ0n) is 12.9. The predicted octanol–water partition coefficient (Wildman–Crippen LogP) is 3.57. The molecule has 0 saturated carbocycles. The van der Waals surface area contributed by atoms with Gasteiger partial charge >= 0.3 is 11.7 Å². The summed E-state index contributed by atoms with van der Waals surface area (Å²) in [5.41, 5.74) is -0.558. The lowest BCUT2D eigenvalue weighted by Crippen LogP contribution is -2.30. The third-order valence-corrected chi connectivity index (χ3v) is 3.40. The van der Waals surface area contributed by atoms with Crippen LogP contribution in [0.15, 0.2) is 42.5 Å². The Bertz CT molecular complexity index is 826. The molecule has 2 aromatic rings.